The molecule has 4 heterocycles. The SMILES string of the molecule is Cc1nn(-c2ccccc2)c2nc(C(=O)O)cc(N3CC4(CCOCC4)C3)c12. The van der Waals surface area contributed by atoms with E-state index in [0.717, 1.165) is 61.6 Å². The number of aromatic nitrogens is 3. The zero-order valence-corrected chi connectivity index (χ0v) is 15.8. The second kappa shape index (κ2) is 6.31. The van der Waals surface area contributed by atoms with Gasteiger partial charge in [0, 0.05) is 31.7 Å². The molecule has 0 aliphatic carbocycles. The maximum absolute atomic E-state index is 11.7. The third-order valence-electron chi connectivity index (χ3n) is 5.96. The summed E-state index contributed by atoms with van der Waals surface area (Å²) in [6.45, 7) is 5.42. The minimum absolute atomic E-state index is 0.0486. The summed E-state index contributed by atoms with van der Waals surface area (Å²) >= 11 is 0. The Kier molecular flexibility index (Phi) is 3.87. The largest absolute Gasteiger partial charge is 0.477 e. The van der Waals surface area contributed by atoms with Crippen LogP contribution in [0.3, 0.4) is 0 Å². The molecule has 3 aromatic rings. The lowest BCUT2D eigenvalue weighted by molar-refractivity contribution is -0.000107. The first-order valence-electron chi connectivity index (χ1n) is 9.58. The van der Waals surface area contributed by atoms with Crippen LogP contribution in [0.5, 0.6) is 0 Å². The Labute approximate surface area is 162 Å². The van der Waals surface area contributed by atoms with Crippen molar-refractivity contribution in [1.82, 2.24) is 14.8 Å². The molecule has 1 aromatic carbocycles. The molecular weight excluding hydrogens is 356 g/mol. The monoisotopic (exact) mass is 378 g/mol. The highest BCUT2D eigenvalue weighted by Gasteiger charge is 2.44. The lowest BCUT2D eigenvalue weighted by Gasteiger charge is -2.53. The Morgan fingerprint density at radius 3 is 2.57 bits per heavy atom. The molecule has 28 heavy (non-hydrogen) atoms. The van der Waals surface area contributed by atoms with Crippen molar-refractivity contribution in [2.75, 3.05) is 31.2 Å². The minimum atomic E-state index is -1.03. The van der Waals surface area contributed by atoms with Crippen LogP contribution in [0, 0.1) is 12.3 Å². The van der Waals surface area contributed by atoms with Crippen LogP contribution in [0.15, 0.2) is 36.4 Å². The molecule has 0 bridgehead atoms. The van der Waals surface area contributed by atoms with Crippen molar-refractivity contribution < 1.29 is 14.6 Å². The number of hydrogen-bond acceptors (Lipinski definition) is 5. The van der Waals surface area contributed by atoms with E-state index in [1.54, 1.807) is 10.7 Å². The van der Waals surface area contributed by atoms with Gasteiger partial charge < -0.3 is 14.7 Å². The number of carboxylic acids is 1. The van der Waals surface area contributed by atoms with Gasteiger partial charge in [-0.05, 0) is 38.0 Å². The molecule has 0 atom stereocenters. The van der Waals surface area contributed by atoms with E-state index in [4.69, 9.17) is 4.74 Å². The first-order valence-corrected chi connectivity index (χ1v) is 9.58. The van der Waals surface area contributed by atoms with E-state index in [9.17, 15) is 9.90 Å². The Balaban J connectivity index is 1.63. The van der Waals surface area contributed by atoms with E-state index in [1.807, 2.05) is 37.3 Å². The number of ether oxygens (including phenoxy) is 1. The number of fused-ring (bicyclic) bond motifs is 1. The van der Waals surface area contributed by atoms with Crippen LogP contribution in [-0.2, 0) is 4.74 Å². The zero-order valence-electron chi connectivity index (χ0n) is 15.8. The van der Waals surface area contributed by atoms with Crippen molar-refractivity contribution in [1.29, 1.82) is 0 Å². The van der Waals surface area contributed by atoms with Crippen molar-refractivity contribution in [3.05, 3.63) is 47.8 Å². The normalized spacial score (nSPS) is 18.4. The Hall–Kier alpha value is -2.93. The Morgan fingerprint density at radius 2 is 1.89 bits per heavy atom. The average molecular weight is 378 g/mol. The number of pyridine rings is 1. The van der Waals surface area contributed by atoms with Gasteiger partial charge in [-0.15, -0.1) is 0 Å². The summed E-state index contributed by atoms with van der Waals surface area (Å²) in [5, 5.41) is 15.2. The number of carboxylic acid groups (broad SMARTS) is 1. The average Bonchev–Trinajstić information content (AvgIpc) is 3.03. The van der Waals surface area contributed by atoms with Gasteiger partial charge in [0.25, 0.3) is 0 Å². The van der Waals surface area contributed by atoms with Crippen molar-refractivity contribution in [2.45, 2.75) is 19.8 Å². The smallest absolute Gasteiger partial charge is 0.354 e. The lowest BCUT2D eigenvalue weighted by Crippen LogP contribution is -2.58. The summed E-state index contributed by atoms with van der Waals surface area (Å²) < 4.78 is 7.25. The molecule has 2 fully saturated rings. The van der Waals surface area contributed by atoms with Crippen LogP contribution in [0.25, 0.3) is 16.7 Å². The molecular formula is C21H22N4O3. The molecule has 2 saturated heterocycles. The first-order chi connectivity index (χ1) is 13.6. The molecule has 0 amide bonds. The van der Waals surface area contributed by atoms with Crippen molar-refractivity contribution >= 4 is 22.7 Å². The number of carbonyl (C=O) groups is 1. The van der Waals surface area contributed by atoms with Gasteiger partial charge in [0.2, 0.25) is 0 Å². The number of hydrogen-bond donors (Lipinski definition) is 1. The van der Waals surface area contributed by atoms with E-state index in [1.165, 1.54) is 0 Å². The number of aromatic carboxylic acids is 1. The Bertz CT molecular complexity index is 1050. The number of aryl methyl sites for hydroxylation is 1. The van der Waals surface area contributed by atoms with Gasteiger partial charge in [0.15, 0.2) is 11.3 Å². The van der Waals surface area contributed by atoms with Crippen LogP contribution in [0.1, 0.15) is 29.0 Å². The van der Waals surface area contributed by atoms with E-state index >= 15 is 0 Å². The quantitative estimate of drug-likeness (QED) is 0.755. The molecule has 2 aliphatic rings. The summed E-state index contributed by atoms with van der Waals surface area (Å²) in [5.41, 5.74) is 3.57. The molecule has 144 valence electrons. The maximum atomic E-state index is 11.7. The highest BCUT2D eigenvalue weighted by atomic mass is 16.5. The summed E-state index contributed by atoms with van der Waals surface area (Å²) in [6, 6.07) is 11.4. The van der Waals surface area contributed by atoms with Gasteiger partial charge in [0.1, 0.15) is 0 Å². The number of para-hydroxylation sites is 1. The molecule has 1 N–H and O–H groups in total. The number of benzene rings is 1. The van der Waals surface area contributed by atoms with Gasteiger partial charge in [-0.25, -0.2) is 14.5 Å². The number of nitrogens with zero attached hydrogens (tertiary/aromatic N) is 4. The summed E-state index contributed by atoms with van der Waals surface area (Å²) in [5.74, 6) is -1.03. The number of anilines is 1. The van der Waals surface area contributed by atoms with Gasteiger partial charge in [0.05, 0.1) is 22.5 Å². The van der Waals surface area contributed by atoms with Gasteiger partial charge in [-0.2, -0.15) is 5.10 Å². The minimum Gasteiger partial charge on any atom is -0.477 e. The van der Waals surface area contributed by atoms with Gasteiger partial charge in [-0.3, -0.25) is 0 Å². The van der Waals surface area contributed by atoms with Crippen molar-refractivity contribution in [2.24, 2.45) is 5.41 Å². The fourth-order valence-electron chi connectivity index (χ4n) is 4.43. The molecule has 7 nitrogen and oxygen atoms in total. The molecule has 2 aromatic heterocycles. The van der Waals surface area contributed by atoms with Crippen molar-refractivity contribution in [3.63, 3.8) is 0 Å². The van der Waals surface area contributed by atoms with Gasteiger partial charge in [-0.1, -0.05) is 18.2 Å². The first kappa shape index (κ1) is 17.2. The second-order valence-electron chi connectivity index (χ2n) is 7.83. The van der Waals surface area contributed by atoms with E-state index in [0.29, 0.717) is 11.1 Å². The molecule has 5 rings (SSSR count). The summed E-state index contributed by atoms with van der Waals surface area (Å²) in [4.78, 5) is 18.4. The standard InChI is InChI=1S/C21H22N4O3/c1-14-18-17(24-12-21(13-24)7-9-28-10-8-21)11-16(20(26)27)22-19(18)25(23-14)15-5-3-2-4-6-15/h2-6,11H,7-10,12-13H2,1H3,(H,26,27). The van der Waals surface area contributed by atoms with E-state index in [-0.39, 0.29) is 5.69 Å². The second-order valence-corrected chi connectivity index (χ2v) is 7.83. The summed E-state index contributed by atoms with van der Waals surface area (Å²) in [6.07, 6.45) is 2.12. The van der Waals surface area contributed by atoms with E-state index in [2.05, 4.69) is 15.0 Å². The van der Waals surface area contributed by atoms with Crippen molar-refractivity contribution in [3.8, 4) is 5.69 Å². The third-order valence-corrected chi connectivity index (χ3v) is 5.96. The highest BCUT2D eigenvalue weighted by molar-refractivity contribution is 5.98. The van der Waals surface area contributed by atoms with Crippen LogP contribution < -0.4 is 4.90 Å². The topological polar surface area (TPSA) is 80.5 Å². The molecule has 1 spiro atoms. The maximum Gasteiger partial charge on any atom is 0.354 e. The molecule has 2 aliphatic heterocycles. The predicted molar refractivity (Wildman–Crippen MR) is 105 cm³/mol. The predicted octanol–water partition coefficient (Wildman–Crippen LogP) is 3.04. The zero-order chi connectivity index (χ0) is 19.3. The molecule has 7 heteroatoms. The molecule has 0 unspecified atom stereocenters. The van der Waals surface area contributed by atoms with E-state index < -0.39 is 5.97 Å². The number of rotatable bonds is 3. The fourth-order valence-corrected chi connectivity index (χ4v) is 4.43. The fraction of sp³-hybridized carbons (Fsp3) is 0.381. The molecule has 0 saturated carbocycles. The highest BCUT2D eigenvalue weighted by Crippen LogP contribution is 2.44. The van der Waals surface area contributed by atoms with Crippen LogP contribution in [0.4, 0.5) is 5.69 Å². The Morgan fingerprint density at radius 1 is 1.18 bits per heavy atom. The van der Waals surface area contributed by atoms with Crippen LogP contribution in [-0.4, -0.2) is 52.1 Å². The lowest BCUT2D eigenvalue weighted by atomic mass is 9.73. The molecule has 0 radical (unpaired) electrons. The van der Waals surface area contributed by atoms with Crippen LogP contribution >= 0.6 is 0 Å². The van der Waals surface area contributed by atoms with Crippen LogP contribution in [0.2, 0.25) is 0 Å². The third kappa shape index (κ3) is 2.65. The van der Waals surface area contributed by atoms with Gasteiger partial charge >= 0.3 is 5.97 Å². The summed E-state index contributed by atoms with van der Waals surface area (Å²) in [7, 11) is 0.